The molecule has 0 radical (unpaired) electrons. The number of carbonyl (C=O) groups excluding carboxylic acids is 1. The highest BCUT2D eigenvalue weighted by molar-refractivity contribution is 14.1. The smallest absolute Gasteiger partial charge is 0.409 e. The van der Waals surface area contributed by atoms with Crippen LogP contribution in [-0.2, 0) is 9.47 Å². The van der Waals surface area contributed by atoms with Crippen molar-refractivity contribution in [2.24, 2.45) is 0 Å². The molecule has 0 aliphatic heterocycles. The van der Waals surface area contributed by atoms with Crippen LogP contribution in [0.1, 0.15) is 27.2 Å². The summed E-state index contributed by atoms with van der Waals surface area (Å²) in [6.45, 7) is 5.48. The fraction of sp³-hybridized carbons (Fsp3) is 0.889. The molecule has 1 N–H and O–H groups in total. The van der Waals surface area contributed by atoms with E-state index in [1.165, 1.54) is 0 Å². The van der Waals surface area contributed by atoms with Crippen LogP contribution in [0.4, 0.5) is 4.79 Å². The first-order chi connectivity index (χ1) is 6.39. The molecule has 0 heterocycles. The molecule has 0 aromatic carbocycles. The quantitative estimate of drug-likeness (QED) is 0.492. The molecule has 0 aliphatic carbocycles. The van der Waals surface area contributed by atoms with E-state index in [0.29, 0.717) is 0 Å². The fourth-order valence-corrected chi connectivity index (χ4v) is 1.35. The molecule has 0 fully saturated rings. The second-order valence-corrected chi connectivity index (χ2v) is 4.93. The maximum absolute atomic E-state index is 11.3. The summed E-state index contributed by atoms with van der Waals surface area (Å²) in [5, 5.41) is 2.64. The van der Waals surface area contributed by atoms with Gasteiger partial charge in [-0.1, -0.05) is 22.6 Å². The Morgan fingerprint density at radius 3 is 2.43 bits per heavy atom. The minimum atomic E-state index is -0.466. The molecule has 1 amide bonds. The summed E-state index contributed by atoms with van der Waals surface area (Å²) >= 11 is 2.23. The molecule has 1 unspecified atom stereocenters. The van der Waals surface area contributed by atoms with Gasteiger partial charge in [-0.25, -0.2) is 4.79 Å². The predicted octanol–water partition coefficient (Wildman–Crippen LogP) is 2.31. The van der Waals surface area contributed by atoms with Crippen molar-refractivity contribution < 1.29 is 14.3 Å². The molecular formula is C9H18INO3. The molecule has 0 saturated heterocycles. The van der Waals surface area contributed by atoms with Gasteiger partial charge in [0.1, 0.15) is 11.8 Å². The average molecular weight is 315 g/mol. The number of methoxy groups -OCH3 is 1. The topological polar surface area (TPSA) is 47.6 Å². The highest BCUT2D eigenvalue weighted by Gasteiger charge is 2.18. The molecule has 0 aliphatic rings. The van der Waals surface area contributed by atoms with Crippen LogP contribution < -0.4 is 5.32 Å². The van der Waals surface area contributed by atoms with Crippen LogP contribution in [0.15, 0.2) is 0 Å². The monoisotopic (exact) mass is 315 g/mol. The van der Waals surface area contributed by atoms with Gasteiger partial charge in [0.25, 0.3) is 0 Å². The zero-order valence-corrected chi connectivity index (χ0v) is 11.3. The Labute approximate surface area is 98.9 Å². The van der Waals surface area contributed by atoms with Gasteiger partial charge < -0.3 is 9.47 Å². The molecule has 5 heteroatoms. The normalized spacial score (nSPS) is 13.5. The lowest BCUT2D eigenvalue weighted by Crippen LogP contribution is -2.40. The van der Waals surface area contributed by atoms with E-state index >= 15 is 0 Å². The molecule has 0 saturated carbocycles. The summed E-state index contributed by atoms with van der Waals surface area (Å²) < 4.78 is 11.1. The Hall–Kier alpha value is -0.0400. The number of alkyl halides is 1. The van der Waals surface area contributed by atoms with Crippen molar-refractivity contribution in [2.45, 2.75) is 39.0 Å². The lowest BCUT2D eigenvalue weighted by atomic mass is 10.2. The maximum Gasteiger partial charge on any atom is 0.409 e. The van der Waals surface area contributed by atoms with Gasteiger partial charge in [0, 0.05) is 18.0 Å². The van der Waals surface area contributed by atoms with E-state index in [-0.39, 0.29) is 6.23 Å². The highest BCUT2D eigenvalue weighted by atomic mass is 127. The molecule has 0 rings (SSSR count). The Balaban J connectivity index is 3.91. The van der Waals surface area contributed by atoms with E-state index in [0.717, 1.165) is 10.8 Å². The van der Waals surface area contributed by atoms with E-state index in [2.05, 4.69) is 27.9 Å². The largest absolute Gasteiger partial charge is 0.444 e. The van der Waals surface area contributed by atoms with Crippen molar-refractivity contribution in [3.63, 3.8) is 0 Å². The molecular weight excluding hydrogens is 297 g/mol. The van der Waals surface area contributed by atoms with E-state index in [1.54, 1.807) is 7.11 Å². The molecule has 0 aromatic rings. The summed E-state index contributed by atoms with van der Waals surface area (Å²) in [5.74, 6) is 0. The summed E-state index contributed by atoms with van der Waals surface area (Å²) in [5.41, 5.74) is -0.466. The zero-order valence-electron chi connectivity index (χ0n) is 9.09. The zero-order chi connectivity index (χ0) is 11.2. The van der Waals surface area contributed by atoms with Crippen LogP contribution >= 0.6 is 22.6 Å². The number of ether oxygens (including phenoxy) is 2. The van der Waals surface area contributed by atoms with Crippen molar-refractivity contribution in [3.8, 4) is 0 Å². The third kappa shape index (κ3) is 7.37. The Bertz CT molecular complexity index is 179. The van der Waals surface area contributed by atoms with Gasteiger partial charge in [0.05, 0.1) is 0 Å². The van der Waals surface area contributed by atoms with Crippen LogP contribution in [0.2, 0.25) is 0 Å². The second-order valence-electron chi connectivity index (χ2n) is 3.85. The van der Waals surface area contributed by atoms with Crippen LogP contribution in [0, 0.1) is 0 Å². The summed E-state index contributed by atoms with van der Waals surface area (Å²) in [6, 6.07) is 0. The number of nitrogens with one attached hydrogen (secondary N) is 1. The highest BCUT2D eigenvalue weighted by Crippen LogP contribution is 2.07. The van der Waals surface area contributed by atoms with Crippen LogP contribution in [-0.4, -0.2) is 29.5 Å². The van der Waals surface area contributed by atoms with Crippen molar-refractivity contribution in [3.05, 3.63) is 0 Å². The Kier molecular flexibility index (Phi) is 6.43. The number of rotatable bonds is 4. The van der Waals surface area contributed by atoms with Gasteiger partial charge in [-0.15, -0.1) is 0 Å². The van der Waals surface area contributed by atoms with Gasteiger partial charge >= 0.3 is 6.09 Å². The molecule has 0 aromatic heterocycles. The second kappa shape index (κ2) is 6.44. The van der Waals surface area contributed by atoms with E-state index in [9.17, 15) is 4.79 Å². The lowest BCUT2D eigenvalue weighted by molar-refractivity contribution is 0.0233. The first-order valence-corrected chi connectivity index (χ1v) is 6.00. The van der Waals surface area contributed by atoms with E-state index in [1.807, 2.05) is 20.8 Å². The molecule has 84 valence electrons. The van der Waals surface area contributed by atoms with Gasteiger partial charge in [-0.2, -0.15) is 0 Å². The summed E-state index contributed by atoms with van der Waals surface area (Å²) in [7, 11) is 1.56. The van der Waals surface area contributed by atoms with Crippen LogP contribution in [0.5, 0.6) is 0 Å². The number of alkyl carbamates (subject to hydrolysis) is 1. The van der Waals surface area contributed by atoms with Gasteiger partial charge in [-0.05, 0) is 20.8 Å². The molecule has 4 nitrogen and oxygen atoms in total. The number of halogens is 1. The van der Waals surface area contributed by atoms with Crippen molar-refractivity contribution in [1.82, 2.24) is 5.32 Å². The average Bonchev–Trinajstić information content (AvgIpc) is 2.00. The summed E-state index contributed by atoms with van der Waals surface area (Å²) in [6.07, 6.45) is 0.0759. The van der Waals surface area contributed by atoms with Crippen molar-refractivity contribution in [2.75, 3.05) is 11.5 Å². The number of carbonyl (C=O) groups is 1. The third-order valence-electron chi connectivity index (χ3n) is 1.33. The molecule has 14 heavy (non-hydrogen) atoms. The first-order valence-electron chi connectivity index (χ1n) is 4.47. The number of hydrogen-bond acceptors (Lipinski definition) is 3. The summed E-state index contributed by atoms with van der Waals surface area (Å²) in [4.78, 5) is 11.3. The van der Waals surface area contributed by atoms with E-state index < -0.39 is 11.7 Å². The van der Waals surface area contributed by atoms with Crippen molar-refractivity contribution in [1.29, 1.82) is 0 Å². The molecule has 1 atom stereocenters. The minimum Gasteiger partial charge on any atom is -0.444 e. The lowest BCUT2D eigenvalue weighted by Gasteiger charge is -2.22. The fourth-order valence-electron chi connectivity index (χ4n) is 0.787. The van der Waals surface area contributed by atoms with Crippen molar-refractivity contribution >= 4 is 28.7 Å². The molecule has 0 bridgehead atoms. The molecule has 0 spiro atoms. The maximum atomic E-state index is 11.3. The first kappa shape index (κ1) is 14.0. The van der Waals surface area contributed by atoms with Crippen LogP contribution in [0.3, 0.4) is 0 Å². The SMILES string of the molecule is COC(CCI)NC(=O)OC(C)(C)C. The minimum absolute atomic E-state index is 0.262. The van der Waals surface area contributed by atoms with E-state index in [4.69, 9.17) is 9.47 Å². The van der Waals surface area contributed by atoms with Gasteiger partial charge in [-0.3, -0.25) is 5.32 Å². The Morgan fingerprint density at radius 2 is 2.07 bits per heavy atom. The standard InChI is InChI=1S/C9H18INO3/c1-9(2,3)14-8(12)11-7(13-4)5-6-10/h7H,5-6H2,1-4H3,(H,11,12). The number of amides is 1. The van der Waals surface area contributed by atoms with Gasteiger partial charge in [0.15, 0.2) is 0 Å². The predicted molar refractivity (Wildman–Crippen MR) is 63.7 cm³/mol. The van der Waals surface area contributed by atoms with Crippen LogP contribution in [0.25, 0.3) is 0 Å². The van der Waals surface area contributed by atoms with Gasteiger partial charge in [0.2, 0.25) is 0 Å². The third-order valence-corrected chi connectivity index (χ3v) is 1.96. The number of hydrogen-bond donors (Lipinski definition) is 1. The Morgan fingerprint density at radius 1 is 1.50 bits per heavy atom.